The maximum atomic E-state index is 11.4. The summed E-state index contributed by atoms with van der Waals surface area (Å²) in [4.78, 5) is 11.4. The van der Waals surface area contributed by atoms with Crippen LogP contribution in [0.1, 0.15) is 38.2 Å². The molecule has 1 aromatic heterocycles. The Morgan fingerprint density at radius 2 is 2.00 bits per heavy atom. The molecule has 3 nitrogen and oxygen atoms in total. The molecule has 0 unspecified atom stereocenters. The van der Waals surface area contributed by atoms with Crippen LogP contribution in [0, 0.1) is 5.92 Å². The van der Waals surface area contributed by atoms with Gasteiger partial charge in [-0.25, -0.2) is 4.79 Å². The van der Waals surface area contributed by atoms with Crippen molar-refractivity contribution in [3.05, 3.63) is 33.9 Å². The van der Waals surface area contributed by atoms with Crippen LogP contribution in [-0.2, 0) is 6.42 Å². The summed E-state index contributed by atoms with van der Waals surface area (Å²) in [5.41, 5.74) is 0.335. The number of aliphatic hydroxyl groups is 1. The Balaban J connectivity index is 2.96. The predicted molar refractivity (Wildman–Crippen MR) is 54.2 cm³/mol. The minimum absolute atomic E-state index is 0.322. The van der Waals surface area contributed by atoms with Gasteiger partial charge in [-0.2, -0.15) is 0 Å². The Kier molecular flexibility index (Phi) is 3.47. The third-order valence-corrected chi connectivity index (χ3v) is 1.96. The van der Waals surface area contributed by atoms with Crippen LogP contribution in [0.3, 0.4) is 0 Å². The molecule has 3 heteroatoms. The second-order valence-electron chi connectivity index (χ2n) is 3.92. The fourth-order valence-corrected chi connectivity index (χ4v) is 1.27. The van der Waals surface area contributed by atoms with Crippen molar-refractivity contribution in [3.8, 4) is 0 Å². The lowest BCUT2D eigenvalue weighted by molar-refractivity contribution is 0.163. The Morgan fingerprint density at radius 3 is 2.43 bits per heavy atom. The molecule has 0 aromatic carbocycles. The first-order valence-electron chi connectivity index (χ1n) is 4.81. The topological polar surface area (TPSA) is 50.4 Å². The van der Waals surface area contributed by atoms with Crippen LogP contribution in [0.5, 0.6) is 0 Å². The summed E-state index contributed by atoms with van der Waals surface area (Å²) >= 11 is 0. The molecule has 0 radical (unpaired) electrons. The molecule has 0 saturated carbocycles. The van der Waals surface area contributed by atoms with Crippen LogP contribution >= 0.6 is 0 Å². The maximum absolute atomic E-state index is 11.4. The van der Waals surface area contributed by atoms with E-state index in [0.29, 0.717) is 23.7 Å². The highest BCUT2D eigenvalue weighted by Gasteiger charge is 2.08. The van der Waals surface area contributed by atoms with E-state index >= 15 is 0 Å². The van der Waals surface area contributed by atoms with Gasteiger partial charge in [0.1, 0.15) is 11.9 Å². The first kappa shape index (κ1) is 11.0. The van der Waals surface area contributed by atoms with E-state index < -0.39 is 6.10 Å². The summed E-state index contributed by atoms with van der Waals surface area (Å²) in [5.74, 6) is 0.748. The third-order valence-electron chi connectivity index (χ3n) is 1.96. The molecule has 0 amide bonds. The summed E-state index contributed by atoms with van der Waals surface area (Å²) in [6.45, 7) is 5.66. The third kappa shape index (κ3) is 2.70. The molecule has 78 valence electrons. The Hall–Kier alpha value is -1.09. The van der Waals surface area contributed by atoms with Gasteiger partial charge in [-0.15, -0.1) is 0 Å². The Morgan fingerprint density at radius 1 is 1.36 bits per heavy atom. The molecule has 0 bridgehead atoms. The zero-order chi connectivity index (χ0) is 10.7. The molecule has 0 spiro atoms. The molecule has 1 atom stereocenters. The van der Waals surface area contributed by atoms with Crippen molar-refractivity contribution in [2.24, 2.45) is 5.92 Å². The van der Waals surface area contributed by atoms with Crippen molar-refractivity contribution in [1.29, 1.82) is 0 Å². The highest BCUT2D eigenvalue weighted by molar-refractivity contribution is 5.12. The lowest BCUT2D eigenvalue weighted by Crippen LogP contribution is -2.11. The van der Waals surface area contributed by atoms with Crippen molar-refractivity contribution in [2.45, 2.75) is 33.3 Å². The quantitative estimate of drug-likeness (QED) is 0.803. The molecule has 1 heterocycles. The van der Waals surface area contributed by atoms with Crippen molar-refractivity contribution >= 4 is 0 Å². The van der Waals surface area contributed by atoms with Gasteiger partial charge in [-0.05, 0) is 31.4 Å². The van der Waals surface area contributed by atoms with Gasteiger partial charge in [-0.1, -0.05) is 13.8 Å². The van der Waals surface area contributed by atoms with Crippen LogP contribution in [0.4, 0.5) is 0 Å². The zero-order valence-corrected chi connectivity index (χ0v) is 8.78. The van der Waals surface area contributed by atoms with Gasteiger partial charge < -0.3 is 9.52 Å². The number of hydrogen-bond acceptors (Lipinski definition) is 3. The molecule has 1 rings (SSSR count). The van der Waals surface area contributed by atoms with E-state index in [-0.39, 0.29) is 5.63 Å². The number of rotatable bonds is 3. The normalized spacial score (nSPS) is 13.2. The van der Waals surface area contributed by atoms with E-state index in [1.165, 1.54) is 0 Å². The van der Waals surface area contributed by atoms with E-state index in [9.17, 15) is 9.90 Å². The standard InChI is InChI=1S/C11H16O3/c1-7(2)6-9-4-5-10(8(3)12)14-11(9)13/h4-5,7-8,12H,6H2,1-3H3/t8-/m1/s1. The largest absolute Gasteiger partial charge is 0.425 e. The minimum Gasteiger partial charge on any atom is -0.425 e. The van der Waals surface area contributed by atoms with Crippen LogP contribution in [0.25, 0.3) is 0 Å². The van der Waals surface area contributed by atoms with E-state index in [4.69, 9.17) is 4.42 Å². The number of aliphatic hydroxyl groups excluding tert-OH is 1. The average molecular weight is 196 g/mol. The Bertz CT molecular complexity index is 350. The second-order valence-corrected chi connectivity index (χ2v) is 3.92. The lowest BCUT2D eigenvalue weighted by Gasteiger charge is -2.05. The van der Waals surface area contributed by atoms with Crippen LogP contribution in [0.15, 0.2) is 21.3 Å². The van der Waals surface area contributed by atoms with Gasteiger partial charge >= 0.3 is 5.63 Å². The van der Waals surface area contributed by atoms with Gasteiger partial charge in [0.25, 0.3) is 0 Å². The first-order chi connectivity index (χ1) is 6.50. The molecule has 0 saturated heterocycles. The Labute approximate surface area is 83.4 Å². The van der Waals surface area contributed by atoms with Gasteiger partial charge in [0, 0.05) is 5.56 Å². The molecule has 0 aliphatic heterocycles. The lowest BCUT2D eigenvalue weighted by atomic mass is 10.0. The van der Waals surface area contributed by atoms with E-state index in [1.807, 2.05) is 13.8 Å². The highest BCUT2D eigenvalue weighted by atomic mass is 16.4. The van der Waals surface area contributed by atoms with Gasteiger partial charge in [-0.3, -0.25) is 0 Å². The minimum atomic E-state index is -0.726. The van der Waals surface area contributed by atoms with Gasteiger partial charge in [0.2, 0.25) is 0 Å². The summed E-state index contributed by atoms with van der Waals surface area (Å²) < 4.78 is 4.97. The molecule has 0 fully saturated rings. The molecular weight excluding hydrogens is 180 g/mol. The summed E-state index contributed by atoms with van der Waals surface area (Å²) in [7, 11) is 0. The van der Waals surface area contributed by atoms with Crippen LogP contribution in [-0.4, -0.2) is 5.11 Å². The fraction of sp³-hybridized carbons (Fsp3) is 0.545. The van der Waals surface area contributed by atoms with E-state index in [0.717, 1.165) is 0 Å². The predicted octanol–water partition coefficient (Wildman–Crippen LogP) is 1.89. The fourth-order valence-electron chi connectivity index (χ4n) is 1.27. The second kappa shape index (κ2) is 4.42. The molecule has 1 N–H and O–H groups in total. The molecule has 0 aliphatic rings. The summed E-state index contributed by atoms with van der Waals surface area (Å²) in [6, 6.07) is 3.39. The number of hydrogen-bond donors (Lipinski definition) is 1. The van der Waals surface area contributed by atoms with Gasteiger partial charge in [0.05, 0.1) is 0 Å². The molecule has 1 aromatic rings. The van der Waals surface area contributed by atoms with Crippen molar-refractivity contribution < 1.29 is 9.52 Å². The molecule has 14 heavy (non-hydrogen) atoms. The van der Waals surface area contributed by atoms with Crippen LogP contribution < -0.4 is 5.63 Å². The van der Waals surface area contributed by atoms with E-state index in [1.54, 1.807) is 19.1 Å². The molecule has 0 aliphatic carbocycles. The van der Waals surface area contributed by atoms with Crippen molar-refractivity contribution in [3.63, 3.8) is 0 Å². The SMILES string of the molecule is CC(C)Cc1ccc([C@@H](C)O)oc1=O. The van der Waals surface area contributed by atoms with Crippen LogP contribution in [0.2, 0.25) is 0 Å². The highest BCUT2D eigenvalue weighted by Crippen LogP contribution is 2.11. The maximum Gasteiger partial charge on any atom is 0.339 e. The smallest absolute Gasteiger partial charge is 0.339 e. The van der Waals surface area contributed by atoms with Crippen molar-refractivity contribution in [2.75, 3.05) is 0 Å². The summed E-state index contributed by atoms with van der Waals surface area (Å²) in [6.07, 6.45) is -0.0154. The van der Waals surface area contributed by atoms with Crippen molar-refractivity contribution in [1.82, 2.24) is 0 Å². The molecular formula is C11H16O3. The zero-order valence-electron chi connectivity index (χ0n) is 8.78. The van der Waals surface area contributed by atoms with Gasteiger partial charge in [0.15, 0.2) is 0 Å². The first-order valence-corrected chi connectivity index (χ1v) is 4.81. The summed E-state index contributed by atoms with van der Waals surface area (Å²) in [5, 5.41) is 9.19. The van der Waals surface area contributed by atoms with E-state index in [2.05, 4.69) is 0 Å². The monoisotopic (exact) mass is 196 g/mol. The average Bonchev–Trinajstić information content (AvgIpc) is 2.07.